The van der Waals surface area contributed by atoms with Gasteiger partial charge in [-0.05, 0) is 5.69 Å². The number of carbonyl (C=O) groups excluding carboxylic acids is 1. The van der Waals surface area contributed by atoms with E-state index in [9.17, 15) is 4.79 Å². The fraction of sp³-hybridized carbons (Fsp3) is 0. The number of benzene rings is 1. The van der Waals surface area contributed by atoms with Gasteiger partial charge in [-0.1, -0.05) is 23.9 Å². The fourth-order valence-electron chi connectivity index (χ4n) is 0.666. The standard InChI is InChI=1S/C7H7N2O/c8-6-3-1-2-4-7(6)9-5-10/h1-4H,8H2,(H,9,10)/q-1. The van der Waals surface area contributed by atoms with E-state index in [1.54, 1.807) is 30.7 Å². The van der Waals surface area contributed by atoms with Crippen LogP contribution < -0.4 is 11.1 Å². The summed E-state index contributed by atoms with van der Waals surface area (Å²) in [4.78, 5) is 9.83. The number of para-hydroxylation sites is 2. The Hall–Kier alpha value is -1.51. The van der Waals surface area contributed by atoms with E-state index in [2.05, 4.69) is 5.32 Å². The highest BCUT2D eigenvalue weighted by Gasteiger charge is 1.82. The molecule has 0 aliphatic rings. The van der Waals surface area contributed by atoms with Crippen LogP contribution in [0.2, 0.25) is 0 Å². The van der Waals surface area contributed by atoms with Crippen LogP contribution in [0.5, 0.6) is 0 Å². The van der Waals surface area contributed by atoms with Crippen LogP contribution in [-0.2, 0) is 4.79 Å². The Balaban J connectivity index is 2.91. The van der Waals surface area contributed by atoms with E-state index in [0.29, 0.717) is 11.4 Å². The van der Waals surface area contributed by atoms with Crippen molar-refractivity contribution in [3.8, 4) is 0 Å². The maximum Gasteiger partial charge on any atom is 0.0693 e. The van der Waals surface area contributed by atoms with Gasteiger partial charge in [0.15, 0.2) is 0 Å². The topological polar surface area (TPSA) is 55.1 Å². The van der Waals surface area contributed by atoms with E-state index in [4.69, 9.17) is 5.73 Å². The van der Waals surface area contributed by atoms with Gasteiger partial charge in [0.2, 0.25) is 0 Å². The SMILES string of the molecule is Nc1ccccc1N[C-]=O. The van der Waals surface area contributed by atoms with E-state index in [1.807, 2.05) is 0 Å². The van der Waals surface area contributed by atoms with Crippen LogP contribution >= 0.6 is 0 Å². The number of nitrogen functional groups attached to an aromatic ring is 1. The second-order valence-corrected chi connectivity index (χ2v) is 1.81. The van der Waals surface area contributed by atoms with E-state index < -0.39 is 0 Å². The Morgan fingerprint density at radius 1 is 1.40 bits per heavy atom. The summed E-state index contributed by atoms with van der Waals surface area (Å²) in [5.41, 5.74) is 6.61. The Morgan fingerprint density at radius 3 is 2.70 bits per heavy atom. The molecule has 0 aliphatic carbocycles. The second kappa shape index (κ2) is 2.87. The Labute approximate surface area is 58.8 Å². The summed E-state index contributed by atoms with van der Waals surface area (Å²) in [7, 11) is 0. The molecule has 0 saturated heterocycles. The largest absolute Gasteiger partial charge is 0.489 e. The molecule has 0 fully saturated rings. The first-order valence-electron chi connectivity index (χ1n) is 2.82. The second-order valence-electron chi connectivity index (χ2n) is 1.81. The maximum atomic E-state index is 9.83. The number of nitrogens with two attached hydrogens (primary N) is 1. The lowest BCUT2D eigenvalue weighted by Crippen LogP contribution is -1.97. The van der Waals surface area contributed by atoms with Crippen LogP contribution in [0.3, 0.4) is 0 Å². The minimum atomic E-state index is 0.547. The summed E-state index contributed by atoms with van der Waals surface area (Å²) in [6.07, 6.45) is 1.54. The molecular formula is C7H7N2O-. The highest BCUT2D eigenvalue weighted by molar-refractivity contribution is 5.79. The van der Waals surface area contributed by atoms with E-state index in [-0.39, 0.29) is 0 Å². The molecule has 0 aromatic heterocycles. The third kappa shape index (κ3) is 1.25. The first kappa shape index (κ1) is 6.61. The lowest BCUT2D eigenvalue weighted by atomic mass is 10.3. The van der Waals surface area contributed by atoms with Crippen molar-refractivity contribution in [2.24, 2.45) is 0 Å². The van der Waals surface area contributed by atoms with Crippen LogP contribution in [0.25, 0.3) is 0 Å². The molecule has 3 N–H and O–H groups in total. The molecule has 0 atom stereocenters. The van der Waals surface area contributed by atoms with Gasteiger partial charge in [-0.3, -0.25) is 0 Å². The van der Waals surface area contributed by atoms with Crippen LogP contribution in [0.15, 0.2) is 24.3 Å². The first-order valence-corrected chi connectivity index (χ1v) is 2.82. The molecular weight excluding hydrogens is 128 g/mol. The molecule has 0 heterocycles. The third-order valence-corrected chi connectivity index (χ3v) is 1.15. The summed E-state index contributed by atoms with van der Waals surface area (Å²) in [6, 6.07) is 7.00. The Kier molecular flexibility index (Phi) is 1.89. The predicted octanol–water partition coefficient (Wildman–Crippen LogP) is 0.748. The van der Waals surface area contributed by atoms with Gasteiger partial charge in [0, 0.05) is 0 Å². The van der Waals surface area contributed by atoms with Crippen molar-refractivity contribution in [2.45, 2.75) is 0 Å². The van der Waals surface area contributed by atoms with Crippen molar-refractivity contribution in [3.05, 3.63) is 24.3 Å². The van der Waals surface area contributed by atoms with Crippen molar-refractivity contribution >= 4 is 17.8 Å². The van der Waals surface area contributed by atoms with E-state index >= 15 is 0 Å². The predicted molar refractivity (Wildman–Crippen MR) is 40.2 cm³/mol. The van der Waals surface area contributed by atoms with Gasteiger partial charge in [0.25, 0.3) is 0 Å². The number of hydrogen-bond acceptors (Lipinski definition) is 2. The van der Waals surface area contributed by atoms with Crippen molar-refractivity contribution < 1.29 is 4.79 Å². The molecule has 0 spiro atoms. The van der Waals surface area contributed by atoms with Gasteiger partial charge in [0.1, 0.15) is 0 Å². The normalized spacial score (nSPS) is 8.80. The van der Waals surface area contributed by atoms with Crippen LogP contribution in [0.1, 0.15) is 0 Å². The summed E-state index contributed by atoms with van der Waals surface area (Å²) in [6.45, 7) is 0. The molecule has 10 heavy (non-hydrogen) atoms. The highest BCUT2D eigenvalue weighted by Crippen LogP contribution is 2.14. The minimum Gasteiger partial charge on any atom is -0.489 e. The van der Waals surface area contributed by atoms with Gasteiger partial charge in [-0.15, -0.1) is 6.07 Å². The molecule has 0 radical (unpaired) electrons. The number of rotatable bonds is 2. The Morgan fingerprint density at radius 2 is 2.10 bits per heavy atom. The maximum absolute atomic E-state index is 9.83. The average molecular weight is 135 g/mol. The van der Waals surface area contributed by atoms with Gasteiger partial charge < -0.3 is 15.8 Å². The van der Waals surface area contributed by atoms with Crippen molar-refractivity contribution in [2.75, 3.05) is 11.1 Å². The summed E-state index contributed by atoms with van der Waals surface area (Å²) >= 11 is 0. The lowest BCUT2D eigenvalue weighted by Gasteiger charge is -2.11. The molecule has 1 aromatic carbocycles. The minimum absolute atomic E-state index is 0.547. The molecule has 1 rings (SSSR count). The molecule has 1 amide bonds. The number of amides is 1. The summed E-state index contributed by atoms with van der Waals surface area (Å²) in [5.74, 6) is 0. The number of hydrogen-bond donors (Lipinski definition) is 2. The zero-order valence-electron chi connectivity index (χ0n) is 5.29. The number of nitrogens with one attached hydrogen (secondary N) is 1. The average Bonchev–Trinajstić information content (AvgIpc) is 1.94. The van der Waals surface area contributed by atoms with Crippen LogP contribution in [-0.4, -0.2) is 6.41 Å². The molecule has 0 saturated carbocycles. The van der Waals surface area contributed by atoms with Gasteiger partial charge in [-0.25, -0.2) is 0 Å². The van der Waals surface area contributed by atoms with E-state index in [0.717, 1.165) is 0 Å². The fourth-order valence-corrected chi connectivity index (χ4v) is 0.666. The summed E-state index contributed by atoms with van der Waals surface area (Å²) < 4.78 is 0. The third-order valence-electron chi connectivity index (χ3n) is 1.15. The van der Waals surface area contributed by atoms with E-state index in [1.165, 1.54) is 0 Å². The van der Waals surface area contributed by atoms with Crippen molar-refractivity contribution in [3.63, 3.8) is 0 Å². The zero-order valence-corrected chi connectivity index (χ0v) is 5.29. The molecule has 0 aliphatic heterocycles. The number of anilines is 2. The highest BCUT2D eigenvalue weighted by atomic mass is 16.1. The monoisotopic (exact) mass is 135 g/mol. The Bertz CT molecular complexity index is 235. The van der Waals surface area contributed by atoms with Gasteiger partial charge >= 0.3 is 0 Å². The molecule has 3 nitrogen and oxygen atoms in total. The molecule has 3 heteroatoms. The van der Waals surface area contributed by atoms with Crippen molar-refractivity contribution in [1.82, 2.24) is 0 Å². The summed E-state index contributed by atoms with van der Waals surface area (Å²) in [5, 5.41) is 2.35. The zero-order chi connectivity index (χ0) is 7.40. The quantitative estimate of drug-likeness (QED) is 0.357. The first-order chi connectivity index (χ1) is 4.84. The lowest BCUT2D eigenvalue weighted by molar-refractivity contribution is 0.561. The smallest absolute Gasteiger partial charge is 0.0693 e. The molecule has 0 unspecified atom stereocenters. The van der Waals surface area contributed by atoms with Crippen molar-refractivity contribution in [1.29, 1.82) is 0 Å². The van der Waals surface area contributed by atoms with Crippen LogP contribution in [0, 0.1) is 0 Å². The molecule has 52 valence electrons. The van der Waals surface area contributed by atoms with Crippen LogP contribution in [0.4, 0.5) is 11.4 Å². The van der Waals surface area contributed by atoms with Gasteiger partial charge in [0.05, 0.1) is 6.41 Å². The molecule has 1 aromatic rings. The molecule has 0 bridgehead atoms. The van der Waals surface area contributed by atoms with Gasteiger partial charge in [-0.2, -0.15) is 0 Å².